The molecule has 0 atom stereocenters. The molecule has 0 saturated heterocycles. The largest absolute Gasteiger partial charge is 0.480 e. The minimum absolute atomic E-state index is 0.104. The van der Waals surface area contributed by atoms with Gasteiger partial charge in [-0.15, -0.1) is 0 Å². The number of nitro groups is 1. The van der Waals surface area contributed by atoms with Crippen molar-refractivity contribution in [1.82, 2.24) is 4.98 Å². The molecule has 0 amide bonds. The van der Waals surface area contributed by atoms with Crippen molar-refractivity contribution in [1.29, 1.82) is 0 Å². The third-order valence-electron chi connectivity index (χ3n) is 1.73. The van der Waals surface area contributed by atoms with Gasteiger partial charge in [-0.1, -0.05) is 0 Å². The smallest absolute Gasteiger partial charge is 0.384 e. The van der Waals surface area contributed by atoms with Gasteiger partial charge in [-0.2, -0.15) is 0 Å². The number of carbonyl (C=O) groups is 1. The van der Waals surface area contributed by atoms with Gasteiger partial charge in [0.15, 0.2) is 0 Å². The lowest BCUT2D eigenvalue weighted by Gasteiger charge is -2.00. The zero-order valence-electron chi connectivity index (χ0n) is 9.09. The minimum atomic E-state index is -0.751. The second-order valence-electron chi connectivity index (χ2n) is 2.75. The quantitative estimate of drug-likeness (QED) is 0.322. The molecule has 0 spiro atoms. The SMILES string of the molecule is COC(=O)C#Cc1cc([N+](=O)[O-])cnc1OC. The molecule has 0 radical (unpaired) electrons. The van der Waals surface area contributed by atoms with Crippen LogP contribution in [0.3, 0.4) is 0 Å². The van der Waals surface area contributed by atoms with E-state index in [0.29, 0.717) is 0 Å². The summed E-state index contributed by atoms with van der Waals surface area (Å²) in [7, 11) is 2.53. The molecule has 0 aliphatic carbocycles. The van der Waals surface area contributed by atoms with Gasteiger partial charge in [0.2, 0.25) is 5.88 Å². The zero-order valence-corrected chi connectivity index (χ0v) is 9.09. The summed E-state index contributed by atoms with van der Waals surface area (Å²) in [5, 5.41) is 10.5. The van der Waals surface area contributed by atoms with Gasteiger partial charge in [0.05, 0.1) is 24.7 Å². The lowest BCUT2D eigenvalue weighted by molar-refractivity contribution is -0.385. The van der Waals surface area contributed by atoms with E-state index < -0.39 is 10.9 Å². The van der Waals surface area contributed by atoms with Crippen molar-refractivity contribution in [2.75, 3.05) is 14.2 Å². The molecule has 1 aromatic rings. The Kier molecular flexibility index (Phi) is 4.00. The maximum absolute atomic E-state index is 10.8. The Labute approximate surface area is 96.5 Å². The third kappa shape index (κ3) is 3.17. The van der Waals surface area contributed by atoms with E-state index in [1.807, 2.05) is 0 Å². The molecule has 88 valence electrons. The average Bonchev–Trinajstić information content (AvgIpc) is 2.35. The number of esters is 1. The number of rotatable bonds is 2. The van der Waals surface area contributed by atoms with Gasteiger partial charge >= 0.3 is 5.97 Å². The molecule has 0 unspecified atom stereocenters. The van der Waals surface area contributed by atoms with Crippen molar-refractivity contribution in [3.05, 3.63) is 27.9 Å². The summed E-state index contributed by atoms with van der Waals surface area (Å²) < 4.78 is 9.17. The maximum Gasteiger partial charge on any atom is 0.384 e. The molecule has 17 heavy (non-hydrogen) atoms. The molecule has 0 N–H and O–H groups in total. The van der Waals surface area contributed by atoms with Gasteiger partial charge in [0, 0.05) is 12.0 Å². The molecule has 0 aliphatic heterocycles. The van der Waals surface area contributed by atoms with Crippen molar-refractivity contribution in [3.8, 4) is 17.7 Å². The summed E-state index contributed by atoms with van der Waals surface area (Å²) in [4.78, 5) is 24.4. The van der Waals surface area contributed by atoms with Crippen LogP contribution < -0.4 is 4.74 Å². The molecule has 0 fully saturated rings. The fraction of sp³-hybridized carbons (Fsp3) is 0.200. The number of hydrogen-bond donors (Lipinski definition) is 0. The van der Waals surface area contributed by atoms with Crippen LogP contribution >= 0.6 is 0 Å². The first kappa shape index (κ1) is 12.4. The molecule has 0 saturated carbocycles. The van der Waals surface area contributed by atoms with Crippen molar-refractivity contribution in [3.63, 3.8) is 0 Å². The van der Waals surface area contributed by atoms with Crippen molar-refractivity contribution in [2.45, 2.75) is 0 Å². The van der Waals surface area contributed by atoms with E-state index in [-0.39, 0.29) is 17.1 Å². The average molecular weight is 236 g/mol. The van der Waals surface area contributed by atoms with E-state index in [1.165, 1.54) is 20.3 Å². The van der Waals surface area contributed by atoms with Gasteiger partial charge in [-0.05, 0) is 5.92 Å². The summed E-state index contributed by atoms with van der Waals surface area (Å²) in [5.74, 6) is 3.88. The van der Waals surface area contributed by atoms with Crippen LogP contribution in [0, 0.1) is 22.0 Å². The van der Waals surface area contributed by atoms with Crippen LogP contribution in [0.15, 0.2) is 12.3 Å². The van der Waals surface area contributed by atoms with Crippen molar-refractivity contribution >= 4 is 11.7 Å². The molecular weight excluding hydrogens is 228 g/mol. The summed E-state index contributed by atoms with van der Waals surface area (Å²) in [6.07, 6.45) is 1.04. The number of carbonyl (C=O) groups excluding carboxylic acids is 1. The van der Waals surface area contributed by atoms with E-state index in [9.17, 15) is 14.9 Å². The Morgan fingerprint density at radius 2 is 2.24 bits per heavy atom. The molecule has 0 bridgehead atoms. The third-order valence-corrected chi connectivity index (χ3v) is 1.73. The number of methoxy groups -OCH3 is 2. The van der Waals surface area contributed by atoms with Gasteiger partial charge in [0.1, 0.15) is 6.20 Å². The van der Waals surface area contributed by atoms with Crippen LogP contribution in [0.25, 0.3) is 0 Å². The molecule has 1 rings (SSSR count). The van der Waals surface area contributed by atoms with Crippen molar-refractivity contribution in [2.24, 2.45) is 0 Å². The summed E-state index contributed by atoms with van der Waals surface area (Å²) in [5.41, 5.74) is -0.0907. The Bertz CT molecular complexity index is 515. The predicted octanol–water partition coefficient (Wildman–Crippen LogP) is 0.523. The monoisotopic (exact) mass is 236 g/mol. The second kappa shape index (κ2) is 5.46. The molecule has 7 nitrogen and oxygen atoms in total. The molecule has 0 aromatic carbocycles. The van der Waals surface area contributed by atoms with Crippen LogP contribution in [-0.4, -0.2) is 30.1 Å². The zero-order chi connectivity index (χ0) is 12.8. The molecular formula is C10H8N2O5. The highest BCUT2D eigenvalue weighted by Crippen LogP contribution is 2.19. The lowest BCUT2D eigenvalue weighted by Crippen LogP contribution is -1.97. The highest BCUT2D eigenvalue weighted by molar-refractivity contribution is 5.89. The molecule has 7 heteroatoms. The van der Waals surface area contributed by atoms with Gasteiger partial charge in [-0.3, -0.25) is 10.1 Å². The van der Waals surface area contributed by atoms with Gasteiger partial charge < -0.3 is 9.47 Å². The minimum Gasteiger partial charge on any atom is -0.480 e. The van der Waals surface area contributed by atoms with E-state index >= 15 is 0 Å². The summed E-state index contributed by atoms with van der Waals surface area (Å²) >= 11 is 0. The standard InChI is InChI=1S/C10H8N2O5/c1-16-9(13)4-3-7-5-8(12(14)15)6-11-10(7)17-2/h5-6H,1-2H3. The number of pyridine rings is 1. The van der Waals surface area contributed by atoms with Crippen LogP contribution in [-0.2, 0) is 9.53 Å². The second-order valence-corrected chi connectivity index (χ2v) is 2.75. The van der Waals surface area contributed by atoms with E-state index in [1.54, 1.807) is 0 Å². The Morgan fingerprint density at radius 3 is 2.76 bits per heavy atom. The summed E-state index contributed by atoms with van der Waals surface area (Å²) in [6, 6.07) is 1.17. The van der Waals surface area contributed by atoms with E-state index in [2.05, 4.69) is 21.6 Å². The van der Waals surface area contributed by atoms with Crippen LogP contribution in [0.1, 0.15) is 5.56 Å². The fourth-order valence-electron chi connectivity index (χ4n) is 0.963. The molecule has 1 aromatic heterocycles. The first-order chi connectivity index (χ1) is 8.08. The Balaban J connectivity index is 3.17. The molecule has 0 aliphatic rings. The number of ether oxygens (including phenoxy) is 2. The molecule has 1 heterocycles. The highest BCUT2D eigenvalue weighted by Gasteiger charge is 2.11. The lowest BCUT2D eigenvalue weighted by atomic mass is 10.2. The normalized spacial score (nSPS) is 8.82. The maximum atomic E-state index is 10.8. The first-order valence-electron chi connectivity index (χ1n) is 4.37. The van der Waals surface area contributed by atoms with E-state index in [4.69, 9.17) is 4.74 Å². The van der Waals surface area contributed by atoms with Crippen LogP contribution in [0.4, 0.5) is 5.69 Å². The van der Waals surface area contributed by atoms with E-state index in [0.717, 1.165) is 6.20 Å². The topological polar surface area (TPSA) is 91.6 Å². The Morgan fingerprint density at radius 1 is 1.53 bits per heavy atom. The van der Waals surface area contributed by atoms with Gasteiger partial charge in [-0.25, -0.2) is 9.78 Å². The van der Waals surface area contributed by atoms with Crippen LogP contribution in [0.2, 0.25) is 0 Å². The highest BCUT2D eigenvalue weighted by atomic mass is 16.6. The fourth-order valence-corrected chi connectivity index (χ4v) is 0.963. The number of hydrogen-bond acceptors (Lipinski definition) is 6. The van der Waals surface area contributed by atoms with Crippen LogP contribution in [0.5, 0.6) is 5.88 Å². The number of nitrogens with zero attached hydrogens (tertiary/aromatic N) is 2. The first-order valence-corrected chi connectivity index (χ1v) is 4.37. The van der Waals surface area contributed by atoms with Crippen molar-refractivity contribution < 1.29 is 19.2 Å². The number of aromatic nitrogens is 1. The Hall–Kier alpha value is -2.62. The predicted molar refractivity (Wildman–Crippen MR) is 56.3 cm³/mol. The van der Waals surface area contributed by atoms with Gasteiger partial charge in [0.25, 0.3) is 5.69 Å². The summed E-state index contributed by atoms with van der Waals surface area (Å²) in [6.45, 7) is 0.